The van der Waals surface area contributed by atoms with Crippen LogP contribution in [0.25, 0.3) is 0 Å². The molecule has 1 rings (SSSR count). The topological polar surface area (TPSA) is 35.2 Å². The zero-order valence-electron chi connectivity index (χ0n) is 4.17. The minimum atomic E-state index is -1.12. The fourth-order valence-corrected chi connectivity index (χ4v) is 0.539. The summed E-state index contributed by atoms with van der Waals surface area (Å²) in [5.41, 5.74) is 5.28. The highest BCUT2D eigenvalue weighted by Crippen LogP contribution is 2.14. The largest absolute Gasteiger partial charge is 0.463 e. The van der Waals surface area contributed by atoms with E-state index in [1.807, 2.05) is 0 Å². The highest BCUT2D eigenvalue weighted by Gasteiger charge is 2.17. The molecule has 1 atom stereocenters. The maximum absolute atomic E-state index is 5.49. The Bertz CT molecular complexity index is 139. The second-order valence-corrected chi connectivity index (χ2v) is 2.09. The molecule has 0 saturated heterocycles. The molecule has 2 nitrogen and oxygen atoms in total. The number of nitrogens with two attached hydrogens (primary N) is 1. The summed E-state index contributed by atoms with van der Waals surface area (Å²) in [4.78, 5) is 0. The monoisotopic (exact) mass is 131 g/mol. The molecule has 8 heavy (non-hydrogen) atoms. The summed E-state index contributed by atoms with van der Waals surface area (Å²) < 4.78 is 4.74. The van der Waals surface area contributed by atoms with Crippen LogP contribution in [0.1, 0.15) is 0 Å². The van der Waals surface area contributed by atoms with Crippen molar-refractivity contribution in [2.24, 2.45) is 5.73 Å². The van der Waals surface area contributed by atoms with Gasteiger partial charge in [-0.25, -0.2) is 0 Å². The molecule has 0 amide bonds. The summed E-state index contributed by atoms with van der Waals surface area (Å²) in [7, 11) is 0. The summed E-state index contributed by atoms with van der Waals surface area (Å²) in [5.74, 6) is 0. The lowest BCUT2D eigenvalue weighted by Crippen LogP contribution is -2.32. The van der Waals surface area contributed by atoms with Gasteiger partial charge in [0.15, 0.2) is 0 Å². The van der Waals surface area contributed by atoms with E-state index in [0.29, 0.717) is 0 Å². The molecule has 3 heteroatoms. The molecular formula is C5H6ClNO. The lowest BCUT2D eigenvalue weighted by molar-refractivity contribution is 0.150. The highest BCUT2D eigenvalue weighted by molar-refractivity contribution is 6.23. The number of halogens is 1. The van der Waals surface area contributed by atoms with E-state index in [1.54, 1.807) is 18.2 Å². The highest BCUT2D eigenvalue weighted by atomic mass is 35.5. The average Bonchev–Trinajstić information content (AvgIpc) is 1.65. The number of ether oxygens (including phenoxy) is 1. The number of alkyl halides is 1. The Kier molecular flexibility index (Phi) is 1.27. The van der Waals surface area contributed by atoms with Gasteiger partial charge in [0.2, 0.25) is 0 Å². The molecule has 0 radical (unpaired) electrons. The zero-order chi connectivity index (χ0) is 6.04. The van der Waals surface area contributed by atoms with Crippen molar-refractivity contribution in [1.29, 1.82) is 0 Å². The van der Waals surface area contributed by atoms with E-state index in [-0.39, 0.29) is 0 Å². The fourth-order valence-electron chi connectivity index (χ4n) is 0.415. The Morgan fingerprint density at radius 1 is 1.50 bits per heavy atom. The van der Waals surface area contributed by atoms with E-state index in [1.165, 1.54) is 6.26 Å². The van der Waals surface area contributed by atoms with Gasteiger partial charge in [-0.05, 0) is 12.2 Å². The lowest BCUT2D eigenvalue weighted by Gasteiger charge is -2.18. The molecule has 0 aromatic carbocycles. The zero-order valence-corrected chi connectivity index (χ0v) is 4.93. The van der Waals surface area contributed by atoms with E-state index >= 15 is 0 Å². The third-order valence-electron chi connectivity index (χ3n) is 0.762. The maximum Gasteiger partial charge on any atom is 0.254 e. The molecule has 0 aromatic rings. The molecule has 2 N–H and O–H groups in total. The van der Waals surface area contributed by atoms with Gasteiger partial charge < -0.3 is 4.74 Å². The fraction of sp³-hybridized carbons (Fsp3) is 0.200. The van der Waals surface area contributed by atoms with Crippen LogP contribution < -0.4 is 5.73 Å². The van der Waals surface area contributed by atoms with E-state index < -0.39 is 5.18 Å². The van der Waals surface area contributed by atoms with Crippen molar-refractivity contribution in [1.82, 2.24) is 0 Å². The van der Waals surface area contributed by atoms with Crippen LogP contribution in [0.5, 0.6) is 0 Å². The molecule has 0 bridgehead atoms. The second-order valence-electron chi connectivity index (χ2n) is 1.50. The van der Waals surface area contributed by atoms with Crippen LogP contribution in [0.2, 0.25) is 0 Å². The van der Waals surface area contributed by atoms with Crippen molar-refractivity contribution < 1.29 is 4.74 Å². The van der Waals surface area contributed by atoms with E-state index in [0.717, 1.165) is 0 Å². The van der Waals surface area contributed by atoms with Gasteiger partial charge in [-0.3, -0.25) is 5.73 Å². The first kappa shape index (κ1) is 5.66. The predicted molar refractivity (Wildman–Crippen MR) is 32.1 cm³/mol. The minimum absolute atomic E-state index is 1.12. The van der Waals surface area contributed by atoms with Crippen LogP contribution in [-0.4, -0.2) is 5.18 Å². The lowest BCUT2D eigenvalue weighted by atomic mass is 10.4. The molecule has 1 heterocycles. The van der Waals surface area contributed by atoms with Crippen molar-refractivity contribution in [3.8, 4) is 0 Å². The van der Waals surface area contributed by atoms with Crippen molar-refractivity contribution in [3.05, 3.63) is 24.5 Å². The van der Waals surface area contributed by atoms with Crippen LogP contribution >= 0.6 is 11.6 Å². The molecule has 0 aromatic heterocycles. The van der Waals surface area contributed by atoms with Gasteiger partial charge in [0.25, 0.3) is 5.18 Å². The summed E-state index contributed by atoms with van der Waals surface area (Å²) in [6.45, 7) is 0. The Hall–Kier alpha value is -0.470. The SMILES string of the molecule is NC1(Cl)C=CC=CO1. The molecule has 1 unspecified atom stereocenters. The molecule has 0 spiro atoms. The summed E-state index contributed by atoms with van der Waals surface area (Å²) >= 11 is 5.49. The molecule has 1 aliphatic heterocycles. The van der Waals surface area contributed by atoms with Crippen molar-refractivity contribution in [2.75, 3.05) is 0 Å². The Labute approximate surface area is 52.6 Å². The smallest absolute Gasteiger partial charge is 0.254 e. The van der Waals surface area contributed by atoms with Gasteiger partial charge in [-0.15, -0.1) is 0 Å². The molecule has 0 fully saturated rings. The number of allylic oxidation sites excluding steroid dienone is 2. The average molecular weight is 132 g/mol. The van der Waals surface area contributed by atoms with Crippen LogP contribution in [-0.2, 0) is 4.74 Å². The Morgan fingerprint density at radius 3 is 2.50 bits per heavy atom. The number of hydrogen-bond donors (Lipinski definition) is 1. The number of rotatable bonds is 0. The van der Waals surface area contributed by atoms with Crippen molar-refractivity contribution in [3.63, 3.8) is 0 Å². The number of hydrogen-bond acceptors (Lipinski definition) is 2. The molecule has 0 aliphatic carbocycles. The summed E-state index contributed by atoms with van der Waals surface area (Å²) in [5, 5.41) is -1.12. The van der Waals surface area contributed by atoms with Gasteiger partial charge in [0.1, 0.15) is 0 Å². The molecular weight excluding hydrogens is 126 g/mol. The van der Waals surface area contributed by atoms with Crippen LogP contribution in [0.3, 0.4) is 0 Å². The predicted octanol–water partition coefficient (Wildman–Crippen LogP) is 0.938. The summed E-state index contributed by atoms with van der Waals surface area (Å²) in [6.07, 6.45) is 6.46. The van der Waals surface area contributed by atoms with E-state index in [9.17, 15) is 0 Å². The van der Waals surface area contributed by atoms with Crippen LogP contribution in [0.4, 0.5) is 0 Å². The third-order valence-corrected chi connectivity index (χ3v) is 0.977. The van der Waals surface area contributed by atoms with E-state index in [4.69, 9.17) is 22.1 Å². The standard InChI is InChI=1S/C5H6ClNO/c6-5(7)3-1-2-4-8-5/h1-4H,7H2. The maximum atomic E-state index is 5.49. The van der Waals surface area contributed by atoms with Crippen LogP contribution in [0, 0.1) is 0 Å². The van der Waals surface area contributed by atoms with Gasteiger partial charge in [-0.2, -0.15) is 0 Å². The second kappa shape index (κ2) is 1.80. The molecule has 0 saturated carbocycles. The van der Waals surface area contributed by atoms with Gasteiger partial charge >= 0.3 is 0 Å². The van der Waals surface area contributed by atoms with Gasteiger partial charge in [-0.1, -0.05) is 17.7 Å². The first-order valence-corrected chi connectivity index (χ1v) is 2.58. The summed E-state index contributed by atoms with van der Waals surface area (Å²) in [6, 6.07) is 0. The third kappa shape index (κ3) is 1.25. The Morgan fingerprint density at radius 2 is 2.25 bits per heavy atom. The van der Waals surface area contributed by atoms with Gasteiger partial charge in [0, 0.05) is 0 Å². The van der Waals surface area contributed by atoms with Crippen molar-refractivity contribution >= 4 is 11.6 Å². The normalized spacial score (nSPS) is 34.8. The molecule has 44 valence electrons. The van der Waals surface area contributed by atoms with E-state index in [2.05, 4.69) is 0 Å². The Balaban J connectivity index is 2.65. The van der Waals surface area contributed by atoms with Gasteiger partial charge in [0.05, 0.1) is 6.26 Å². The van der Waals surface area contributed by atoms with Crippen LogP contribution in [0.15, 0.2) is 24.5 Å². The quantitative estimate of drug-likeness (QED) is 0.392. The first-order chi connectivity index (χ1) is 3.71. The minimum Gasteiger partial charge on any atom is -0.463 e. The first-order valence-electron chi connectivity index (χ1n) is 2.21. The molecule has 1 aliphatic rings. The van der Waals surface area contributed by atoms with Crippen molar-refractivity contribution in [2.45, 2.75) is 5.18 Å².